The highest BCUT2D eigenvalue weighted by molar-refractivity contribution is 5.76. The number of amides is 1. The molecular formula is C21H26N2O. The van der Waals surface area contributed by atoms with E-state index >= 15 is 0 Å². The molecule has 0 bridgehead atoms. The standard InChI is InChI=1S/C21H26N2O/c22-19-11-5-4-9-17(19)13-14-21(24)23-20-12-6-10-18(20)15-16-7-2-1-3-8-16/h1-5,7-9,11,18,20H,6,10,12-15,22H2,(H,23,24). The number of nitrogen functional groups attached to an aromatic ring is 1. The van der Waals surface area contributed by atoms with Crippen LogP contribution in [0.3, 0.4) is 0 Å². The fourth-order valence-corrected chi connectivity index (χ4v) is 3.68. The van der Waals surface area contributed by atoms with Crippen LogP contribution in [0.2, 0.25) is 0 Å². The number of hydrogen-bond donors (Lipinski definition) is 2. The second-order valence-electron chi connectivity index (χ2n) is 6.75. The van der Waals surface area contributed by atoms with Crippen LogP contribution in [0.15, 0.2) is 54.6 Å². The number of rotatable bonds is 6. The van der Waals surface area contributed by atoms with E-state index in [1.165, 1.54) is 18.4 Å². The minimum Gasteiger partial charge on any atom is -0.399 e. The maximum absolute atomic E-state index is 12.3. The molecule has 3 N–H and O–H groups in total. The smallest absolute Gasteiger partial charge is 0.220 e. The highest BCUT2D eigenvalue weighted by Gasteiger charge is 2.28. The van der Waals surface area contributed by atoms with E-state index in [2.05, 4.69) is 29.6 Å². The summed E-state index contributed by atoms with van der Waals surface area (Å²) < 4.78 is 0. The SMILES string of the molecule is Nc1ccccc1CCC(=O)NC1CCCC1Cc1ccccc1. The summed E-state index contributed by atoms with van der Waals surface area (Å²) in [6.07, 6.45) is 5.75. The summed E-state index contributed by atoms with van der Waals surface area (Å²) in [7, 11) is 0. The molecule has 3 rings (SSSR count). The monoisotopic (exact) mass is 322 g/mol. The zero-order valence-corrected chi connectivity index (χ0v) is 14.1. The largest absolute Gasteiger partial charge is 0.399 e. The van der Waals surface area contributed by atoms with Crippen molar-refractivity contribution in [3.63, 3.8) is 0 Å². The number of aryl methyl sites for hydroxylation is 1. The third-order valence-electron chi connectivity index (χ3n) is 5.02. The predicted molar refractivity (Wildman–Crippen MR) is 98.6 cm³/mol. The number of carbonyl (C=O) groups is 1. The maximum atomic E-state index is 12.3. The summed E-state index contributed by atoms with van der Waals surface area (Å²) in [6.45, 7) is 0. The van der Waals surface area contributed by atoms with Crippen molar-refractivity contribution in [2.24, 2.45) is 5.92 Å². The molecule has 0 aliphatic heterocycles. The van der Waals surface area contributed by atoms with Crippen molar-refractivity contribution in [3.05, 3.63) is 65.7 Å². The first kappa shape index (κ1) is 16.6. The van der Waals surface area contributed by atoms with E-state index in [1.807, 2.05) is 30.3 Å². The highest BCUT2D eigenvalue weighted by atomic mass is 16.1. The minimum atomic E-state index is 0.142. The van der Waals surface area contributed by atoms with Crippen molar-refractivity contribution in [1.82, 2.24) is 5.32 Å². The average molecular weight is 322 g/mol. The van der Waals surface area contributed by atoms with Gasteiger partial charge in [-0.3, -0.25) is 4.79 Å². The lowest BCUT2D eigenvalue weighted by Gasteiger charge is -2.21. The lowest BCUT2D eigenvalue weighted by atomic mass is 9.94. The highest BCUT2D eigenvalue weighted by Crippen LogP contribution is 2.29. The topological polar surface area (TPSA) is 55.1 Å². The fourth-order valence-electron chi connectivity index (χ4n) is 3.68. The van der Waals surface area contributed by atoms with Crippen molar-refractivity contribution < 1.29 is 4.79 Å². The van der Waals surface area contributed by atoms with E-state index < -0.39 is 0 Å². The van der Waals surface area contributed by atoms with E-state index in [4.69, 9.17) is 5.73 Å². The quantitative estimate of drug-likeness (QED) is 0.796. The minimum absolute atomic E-state index is 0.142. The zero-order chi connectivity index (χ0) is 16.8. The number of hydrogen-bond acceptors (Lipinski definition) is 2. The molecule has 0 heterocycles. The van der Waals surface area contributed by atoms with Gasteiger partial charge in [-0.05, 0) is 48.8 Å². The van der Waals surface area contributed by atoms with E-state index in [9.17, 15) is 4.79 Å². The third kappa shape index (κ3) is 4.38. The van der Waals surface area contributed by atoms with Crippen LogP contribution in [-0.2, 0) is 17.6 Å². The Bertz CT molecular complexity index is 669. The first-order chi connectivity index (χ1) is 11.7. The van der Waals surface area contributed by atoms with Gasteiger partial charge in [0.25, 0.3) is 0 Å². The predicted octanol–water partition coefficient (Wildman–Crippen LogP) is 3.73. The molecule has 0 aromatic heterocycles. The van der Waals surface area contributed by atoms with E-state index in [1.54, 1.807) is 0 Å². The average Bonchev–Trinajstić information content (AvgIpc) is 3.02. The van der Waals surface area contributed by atoms with Crippen LogP contribution < -0.4 is 11.1 Å². The molecule has 3 heteroatoms. The second-order valence-corrected chi connectivity index (χ2v) is 6.75. The Kier molecular flexibility index (Phi) is 5.52. The van der Waals surface area contributed by atoms with Crippen LogP contribution in [0, 0.1) is 5.92 Å². The third-order valence-corrected chi connectivity index (χ3v) is 5.02. The number of benzene rings is 2. The van der Waals surface area contributed by atoms with Crippen LogP contribution in [0.4, 0.5) is 5.69 Å². The Morgan fingerprint density at radius 3 is 2.58 bits per heavy atom. The lowest BCUT2D eigenvalue weighted by molar-refractivity contribution is -0.122. The van der Waals surface area contributed by atoms with Crippen molar-refractivity contribution in [2.75, 3.05) is 5.73 Å². The summed E-state index contributed by atoms with van der Waals surface area (Å²) in [5.41, 5.74) is 9.14. The van der Waals surface area contributed by atoms with Gasteiger partial charge in [0, 0.05) is 18.2 Å². The van der Waals surface area contributed by atoms with Crippen LogP contribution in [-0.4, -0.2) is 11.9 Å². The molecule has 1 fully saturated rings. The number of carbonyl (C=O) groups excluding carboxylic acids is 1. The summed E-state index contributed by atoms with van der Waals surface area (Å²) in [5.74, 6) is 0.696. The number of para-hydroxylation sites is 1. The second kappa shape index (κ2) is 8.00. The van der Waals surface area contributed by atoms with Crippen LogP contribution in [0.25, 0.3) is 0 Å². The summed E-state index contributed by atoms with van der Waals surface area (Å²) in [4.78, 5) is 12.3. The van der Waals surface area contributed by atoms with Crippen molar-refractivity contribution in [3.8, 4) is 0 Å². The molecule has 24 heavy (non-hydrogen) atoms. The van der Waals surface area contributed by atoms with Gasteiger partial charge in [0.2, 0.25) is 5.91 Å². The molecule has 2 aromatic rings. The Morgan fingerprint density at radius 1 is 1.04 bits per heavy atom. The lowest BCUT2D eigenvalue weighted by Crippen LogP contribution is -2.38. The molecule has 3 nitrogen and oxygen atoms in total. The molecule has 126 valence electrons. The maximum Gasteiger partial charge on any atom is 0.220 e. The van der Waals surface area contributed by atoms with Gasteiger partial charge in [-0.1, -0.05) is 55.0 Å². The Hall–Kier alpha value is -2.29. The van der Waals surface area contributed by atoms with Gasteiger partial charge in [0.05, 0.1) is 0 Å². The summed E-state index contributed by atoms with van der Waals surface area (Å²) in [6, 6.07) is 18.7. The molecule has 2 atom stereocenters. The molecule has 0 radical (unpaired) electrons. The normalized spacial score (nSPS) is 20.0. The zero-order valence-electron chi connectivity index (χ0n) is 14.1. The number of anilines is 1. The molecular weight excluding hydrogens is 296 g/mol. The molecule has 0 spiro atoms. The van der Waals surface area contributed by atoms with E-state index in [0.717, 1.165) is 24.1 Å². The molecule has 2 unspecified atom stereocenters. The molecule has 1 saturated carbocycles. The summed E-state index contributed by atoms with van der Waals surface area (Å²) >= 11 is 0. The molecule has 1 amide bonds. The van der Waals surface area contributed by atoms with Gasteiger partial charge in [0.15, 0.2) is 0 Å². The van der Waals surface area contributed by atoms with E-state index in [-0.39, 0.29) is 5.91 Å². The molecule has 2 aromatic carbocycles. The first-order valence-electron chi connectivity index (χ1n) is 8.89. The number of nitrogens with two attached hydrogens (primary N) is 1. The Balaban J connectivity index is 1.51. The fraction of sp³-hybridized carbons (Fsp3) is 0.381. The number of nitrogens with one attached hydrogen (secondary N) is 1. The van der Waals surface area contributed by atoms with Gasteiger partial charge in [-0.25, -0.2) is 0 Å². The van der Waals surface area contributed by atoms with Crippen LogP contribution >= 0.6 is 0 Å². The Labute approximate surface area is 144 Å². The van der Waals surface area contributed by atoms with Gasteiger partial charge in [0.1, 0.15) is 0 Å². The van der Waals surface area contributed by atoms with Crippen LogP contribution in [0.5, 0.6) is 0 Å². The van der Waals surface area contributed by atoms with Crippen molar-refractivity contribution >= 4 is 11.6 Å². The van der Waals surface area contributed by atoms with Gasteiger partial charge in [-0.15, -0.1) is 0 Å². The van der Waals surface area contributed by atoms with Crippen molar-refractivity contribution in [2.45, 2.75) is 44.6 Å². The van der Waals surface area contributed by atoms with Gasteiger partial charge >= 0.3 is 0 Å². The molecule has 0 saturated heterocycles. The van der Waals surface area contributed by atoms with Crippen molar-refractivity contribution in [1.29, 1.82) is 0 Å². The summed E-state index contributed by atoms with van der Waals surface area (Å²) in [5, 5.41) is 3.26. The first-order valence-corrected chi connectivity index (χ1v) is 8.89. The van der Waals surface area contributed by atoms with Gasteiger partial charge in [-0.2, -0.15) is 0 Å². The molecule has 1 aliphatic carbocycles. The molecule has 1 aliphatic rings. The Morgan fingerprint density at radius 2 is 1.79 bits per heavy atom. The van der Waals surface area contributed by atoms with Gasteiger partial charge < -0.3 is 11.1 Å². The van der Waals surface area contributed by atoms with Crippen LogP contribution in [0.1, 0.15) is 36.8 Å². The van der Waals surface area contributed by atoms with E-state index in [0.29, 0.717) is 24.8 Å².